The number of hydrogen-bond acceptors (Lipinski definition) is 1. The molecule has 0 aromatic heterocycles. The smallest absolute Gasteiger partial charge is 0.0166 e. The summed E-state index contributed by atoms with van der Waals surface area (Å²) in [5.41, 5.74) is 8.82. The van der Waals surface area contributed by atoms with E-state index in [0.29, 0.717) is 0 Å². The van der Waals surface area contributed by atoms with E-state index in [4.69, 9.17) is 5.73 Å². The Hall–Kier alpha value is -0.820. The highest BCUT2D eigenvalue weighted by atomic mass is 14.7. The minimum absolute atomic E-state index is 0.0530. The van der Waals surface area contributed by atoms with Gasteiger partial charge in [-0.2, -0.15) is 0 Å². The van der Waals surface area contributed by atoms with Gasteiger partial charge in [0.15, 0.2) is 0 Å². The van der Waals surface area contributed by atoms with Gasteiger partial charge in [-0.15, -0.1) is 0 Å². The van der Waals surface area contributed by atoms with Crippen molar-refractivity contribution < 1.29 is 0 Å². The van der Waals surface area contributed by atoms with Crippen LogP contribution in [-0.4, -0.2) is 5.54 Å². The predicted octanol–water partition coefficient (Wildman–Crippen LogP) is 3.06. The Labute approximate surface area is 87.3 Å². The molecule has 0 saturated heterocycles. The minimum atomic E-state index is -0.0530. The van der Waals surface area contributed by atoms with Gasteiger partial charge in [-0.3, -0.25) is 0 Å². The van der Waals surface area contributed by atoms with Crippen LogP contribution in [0.15, 0.2) is 24.3 Å². The molecule has 0 heterocycles. The Kier molecular flexibility index (Phi) is 3.70. The molecule has 0 amide bonds. The van der Waals surface area contributed by atoms with Crippen LogP contribution >= 0.6 is 0 Å². The molecule has 0 saturated carbocycles. The van der Waals surface area contributed by atoms with Gasteiger partial charge >= 0.3 is 0 Å². The molecule has 78 valence electrons. The van der Waals surface area contributed by atoms with Crippen LogP contribution in [0.3, 0.4) is 0 Å². The van der Waals surface area contributed by atoms with Gasteiger partial charge < -0.3 is 5.73 Å². The molecule has 0 spiro atoms. The van der Waals surface area contributed by atoms with E-state index in [1.807, 2.05) is 0 Å². The van der Waals surface area contributed by atoms with E-state index < -0.39 is 0 Å². The van der Waals surface area contributed by atoms with Crippen molar-refractivity contribution in [3.8, 4) is 0 Å². The number of aryl methyl sites for hydroxylation is 1. The van der Waals surface area contributed by atoms with Gasteiger partial charge in [-0.05, 0) is 32.3 Å². The lowest BCUT2D eigenvalue weighted by Gasteiger charge is -2.24. The van der Waals surface area contributed by atoms with Crippen LogP contribution in [0.2, 0.25) is 0 Å². The SMILES string of the molecule is CCCC(C)(N)Cc1cccc(C)c1. The molecule has 1 atom stereocenters. The van der Waals surface area contributed by atoms with E-state index in [1.54, 1.807) is 0 Å². The molecule has 0 bridgehead atoms. The van der Waals surface area contributed by atoms with Gasteiger partial charge in [0, 0.05) is 5.54 Å². The molecule has 1 nitrogen and oxygen atoms in total. The Morgan fingerprint density at radius 2 is 2.07 bits per heavy atom. The molecule has 2 N–H and O–H groups in total. The lowest BCUT2D eigenvalue weighted by atomic mass is 9.89. The van der Waals surface area contributed by atoms with Gasteiger partial charge in [0.25, 0.3) is 0 Å². The fourth-order valence-electron chi connectivity index (χ4n) is 1.95. The fraction of sp³-hybridized carbons (Fsp3) is 0.538. The van der Waals surface area contributed by atoms with Gasteiger partial charge in [0.1, 0.15) is 0 Å². The molecule has 1 heteroatoms. The van der Waals surface area contributed by atoms with Crippen molar-refractivity contribution >= 4 is 0 Å². The second kappa shape index (κ2) is 4.61. The summed E-state index contributed by atoms with van der Waals surface area (Å²) < 4.78 is 0. The zero-order valence-electron chi connectivity index (χ0n) is 9.51. The molecule has 0 aliphatic carbocycles. The van der Waals surface area contributed by atoms with Crippen molar-refractivity contribution in [1.29, 1.82) is 0 Å². The molecule has 1 unspecified atom stereocenters. The third kappa shape index (κ3) is 3.51. The topological polar surface area (TPSA) is 26.0 Å². The van der Waals surface area contributed by atoms with E-state index in [1.165, 1.54) is 11.1 Å². The van der Waals surface area contributed by atoms with Crippen LogP contribution in [-0.2, 0) is 6.42 Å². The van der Waals surface area contributed by atoms with Crippen molar-refractivity contribution in [2.75, 3.05) is 0 Å². The molecule has 1 rings (SSSR count). The second-order valence-corrected chi connectivity index (χ2v) is 4.57. The largest absolute Gasteiger partial charge is 0.325 e. The van der Waals surface area contributed by atoms with Crippen LogP contribution in [0, 0.1) is 6.92 Å². The molecular weight excluding hydrogens is 170 g/mol. The second-order valence-electron chi connectivity index (χ2n) is 4.57. The van der Waals surface area contributed by atoms with Crippen LogP contribution in [0.4, 0.5) is 0 Å². The average Bonchev–Trinajstić information content (AvgIpc) is 2.02. The maximum Gasteiger partial charge on any atom is 0.0166 e. The first kappa shape index (κ1) is 11.3. The molecule has 0 radical (unpaired) electrons. The van der Waals surface area contributed by atoms with Gasteiger partial charge in [0.05, 0.1) is 0 Å². The average molecular weight is 191 g/mol. The van der Waals surface area contributed by atoms with E-state index in [-0.39, 0.29) is 5.54 Å². The summed E-state index contributed by atoms with van der Waals surface area (Å²) in [6.45, 7) is 6.44. The number of benzene rings is 1. The first-order valence-electron chi connectivity index (χ1n) is 5.38. The van der Waals surface area contributed by atoms with Gasteiger partial charge in [-0.25, -0.2) is 0 Å². The fourth-order valence-corrected chi connectivity index (χ4v) is 1.95. The predicted molar refractivity (Wildman–Crippen MR) is 62.4 cm³/mol. The van der Waals surface area contributed by atoms with E-state index in [0.717, 1.165) is 19.3 Å². The maximum atomic E-state index is 6.21. The van der Waals surface area contributed by atoms with Crippen molar-refractivity contribution in [1.82, 2.24) is 0 Å². The Morgan fingerprint density at radius 1 is 1.36 bits per heavy atom. The first-order chi connectivity index (χ1) is 6.53. The molecule has 0 aliphatic heterocycles. The summed E-state index contributed by atoms with van der Waals surface area (Å²) in [6, 6.07) is 8.61. The highest BCUT2D eigenvalue weighted by molar-refractivity contribution is 5.23. The molecule has 1 aromatic rings. The third-order valence-corrected chi connectivity index (χ3v) is 2.51. The summed E-state index contributed by atoms with van der Waals surface area (Å²) in [7, 11) is 0. The molecule has 0 fully saturated rings. The Morgan fingerprint density at radius 3 is 2.64 bits per heavy atom. The van der Waals surface area contributed by atoms with E-state index in [9.17, 15) is 0 Å². The Bertz CT molecular complexity index is 289. The summed E-state index contributed by atoms with van der Waals surface area (Å²) in [4.78, 5) is 0. The summed E-state index contributed by atoms with van der Waals surface area (Å²) in [6.07, 6.45) is 3.21. The van der Waals surface area contributed by atoms with E-state index >= 15 is 0 Å². The van der Waals surface area contributed by atoms with Gasteiger partial charge in [-0.1, -0.05) is 43.2 Å². The minimum Gasteiger partial charge on any atom is -0.325 e. The zero-order chi connectivity index (χ0) is 10.6. The number of hydrogen-bond donors (Lipinski definition) is 1. The zero-order valence-corrected chi connectivity index (χ0v) is 9.51. The first-order valence-corrected chi connectivity index (χ1v) is 5.38. The lowest BCUT2D eigenvalue weighted by molar-refractivity contribution is 0.424. The summed E-state index contributed by atoms with van der Waals surface area (Å²) in [5, 5.41) is 0. The lowest BCUT2D eigenvalue weighted by Crippen LogP contribution is -2.38. The van der Waals surface area contributed by atoms with Crippen LogP contribution in [0.5, 0.6) is 0 Å². The summed E-state index contributed by atoms with van der Waals surface area (Å²) >= 11 is 0. The quantitative estimate of drug-likeness (QED) is 0.777. The number of rotatable bonds is 4. The molecule has 0 aliphatic rings. The van der Waals surface area contributed by atoms with E-state index in [2.05, 4.69) is 45.0 Å². The monoisotopic (exact) mass is 191 g/mol. The summed E-state index contributed by atoms with van der Waals surface area (Å²) in [5.74, 6) is 0. The van der Waals surface area contributed by atoms with Crippen molar-refractivity contribution in [3.05, 3.63) is 35.4 Å². The van der Waals surface area contributed by atoms with Crippen LogP contribution < -0.4 is 5.73 Å². The Balaban J connectivity index is 2.68. The van der Waals surface area contributed by atoms with Crippen LogP contribution in [0.1, 0.15) is 37.8 Å². The van der Waals surface area contributed by atoms with Crippen molar-refractivity contribution in [2.45, 2.75) is 45.6 Å². The number of nitrogens with two attached hydrogens (primary N) is 1. The van der Waals surface area contributed by atoms with Crippen LogP contribution in [0.25, 0.3) is 0 Å². The highest BCUT2D eigenvalue weighted by Gasteiger charge is 2.17. The third-order valence-electron chi connectivity index (χ3n) is 2.51. The molecule has 14 heavy (non-hydrogen) atoms. The molecular formula is C13H21N. The highest BCUT2D eigenvalue weighted by Crippen LogP contribution is 2.16. The molecule has 1 aromatic carbocycles. The normalized spacial score (nSPS) is 15.1. The maximum absolute atomic E-state index is 6.21. The van der Waals surface area contributed by atoms with Gasteiger partial charge in [0.2, 0.25) is 0 Å². The van der Waals surface area contributed by atoms with Crippen molar-refractivity contribution in [3.63, 3.8) is 0 Å². The standard InChI is InChI=1S/C13H21N/c1-4-8-13(3,14)10-12-7-5-6-11(2)9-12/h5-7,9H,4,8,10,14H2,1-3H3. The van der Waals surface area contributed by atoms with Crippen molar-refractivity contribution in [2.24, 2.45) is 5.73 Å².